The summed E-state index contributed by atoms with van der Waals surface area (Å²) < 4.78 is 0. The number of nitrogens with two attached hydrogens (primary N) is 1. The van der Waals surface area contributed by atoms with Gasteiger partial charge in [0, 0.05) is 13.1 Å². The maximum absolute atomic E-state index is 12.0. The van der Waals surface area contributed by atoms with Gasteiger partial charge in [-0.15, -0.1) is 0 Å². The van der Waals surface area contributed by atoms with Gasteiger partial charge >= 0.3 is 0 Å². The third-order valence-electron chi connectivity index (χ3n) is 3.21. The van der Waals surface area contributed by atoms with E-state index in [1.54, 1.807) is 24.3 Å². The minimum Gasteiger partial charge on any atom is -0.508 e. The Bertz CT molecular complexity index is 455. The van der Waals surface area contributed by atoms with Crippen LogP contribution in [0.2, 0.25) is 0 Å². The summed E-state index contributed by atoms with van der Waals surface area (Å²) in [7, 11) is 4.03. The summed E-state index contributed by atoms with van der Waals surface area (Å²) in [4.78, 5) is 14.1. The van der Waals surface area contributed by atoms with Crippen LogP contribution in [0.3, 0.4) is 0 Å². The van der Waals surface area contributed by atoms with Crippen molar-refractivity contribution in [1.82, 2.24) is 10.2 Å². The molecule has 0 bridgehead atoms. The Morgan fingerprint density at radius 2 is 1.90 bits per heavy atom. The third kappa shape index (κ3) is 6.60. The number of amides is 1. The number of carbonyl (C=O) groups excluding carboxylic acids is 1. The standard InChI is InChI=1S/C16H27N3O2/c1-16(2,11-19(3)4)10-18-15(21)14(17)9-12-5-7-13(20)8-6-12/h5-8,14,20H,9-11,17H2,1-4H3,(H,18,21)/t14-/m1/s1. The Morgan fingerprint density at radius 1 is 1.33 bits per heavy atom. The van der Waals surface area contributed by atoms with Crippen LogP contribution in [0, 0.1) is 5.41 Å². The predicted molar refractivity (Wildman–Crippen MR) is 85.1 cm³/mol. The molecule has 0 aliphatic carbocycles. The molecule has 5 nitrogen and oxygen atoms in total. The van der Waals surface area contributed by atoms with Crippen LogP contribution in [-0.2, 0) is 11.2 Å². The number of phenols is 1. The Hall–Kier alpha value is -1.59. The summed E-state index contributed by atoms with van der Waals surface area (Å²) in [5.74, 6) is 0.0668. The second-order valence-electron chi connectivity index (χ2n) is 6.60. The summed E-state index contributed by atoms with van der Waals surface area (Å²) >= 11 is 0. The maximum Gasteiger partial charge on any atom is 0.237 e. The molecule has 0 radical (unpaired) electrons. The second kappa shape index (κ2) is 7.43. The lowest BCUT2D eigenvalue weighted by atomic mass is 9.92. The summed E-state index contributed by atoms with van der Waals surface area (Å²) in [5, 5.41) is 12.2. The van der Waals surface area contributed by atoms with Crippen molar-refractivity contribution >= 4 is 5.91 Å². The van der Waals surface area contributed by atoms with E-state index < -0.39 is 6.04 Å². The molecule has 1 atom stereocenters. The molecule has 4 N–H and O–H groups in total. The summed E-state index contributed by atoms with van der Waals surface area (Å²) in [6.07, 6.45) is 0.459. The van der Waals surface area contributed by atoms with Gasteiger partial charge < -0.3 is 21.1 Å². The van der Waals surface area contributed by atoms with E-state index in [1.807, 2.05) is 14.1 Å². The molecule has 0 saturated carbocycles. The predicted octanol–water partition coefficient (Wildman–Crippen LogP) is 0.966. The van der Waals surface area contributed by atoms with E-state index in [0.29, 0.717) is 13.0 Å². The number of hydrogen-bond acceptors (Lipinski definition) is 4. The second-order valence-corrected chi connectivity index (χ2v) is 6.60. The van der Waals surface area contributed by atoms with Crippen LogP contribution < -0.4 is 11.1 Å². The average molecular weight is 293 g/mol. The Labute approximate surface area is 127 Å². The van der Waals surface area contributed by atoms with Crippen LogP contribution in [-0.4, -0.2) is 49.1 Å². The van der Waals surface area contributed by atoms with Crippen LogP contribution in [0.1, 0.15) is 19.4 Å². The average Bonchev–Trinajstić information content (AvgIpc) is 2.37. The molecular weight excluding hydrogens is 266 g/mol. The fraction of sp³-hybridized carbons (Fsp3) is 0.562. The summed E-state index contributed by atoms with van der Waals surface area (Å²) in [5.41, 5.74) is 6.86. The lowest BCUT2D eigenvalue weighted by Gasteiger charge is -2.29. The van der Waals surface area contributed by atoms with Crippen LogP contribution >= 0.6 is 0 Å². The van der Waals surface area contributed by atoms with Gasteiger partial charge in [-0.25, -0.2) is 0 Å². The lowest BCUT2D eigenvalue weighted by Crippen LogP contribution is -2.47. The van der Waals surface area contributed by atoms with Gasteiger partial charge in [0.2, 0.25) is 5.91 Å². The first-order valence-electron chi connectivity index (χ1n) is 7.15. The van der Waals surface area contributed by atoms with Crippen molar-refractivity contribution < 1.29 is 9.90 Å². The fourth-order valence-corrected chi connectivity index (χ4v) is 2.35. The molecule has 21 heavy (non-hydrogen) atoms. The van der Waals surface area contributed by atoms with Crippen molar-refractivity contribution in [2.24, 2.45) is 11.1 Å². The van der Waals surface area contributed by atoms with E-state index >= 15 is 0 Å². The molecule has 1 amide bonds. The molecule has 1 aromatic carbocycles. The highest BCUT2D eigenvalue weighted by atomic mass is 16.3. The van der Waals surface area contributed by atoms with Gasteiger partial charge in [-0.2, -0.15) is 0 Å². The Kier molecular flexibility index (Phi) is 6.18. The highest BCUT2D eigenvalue weighted by Crippen LogP contribution is 2.14. The first-order chi connectivity index (χ1) is 9.69. The fourth-order valence-electron chi connectivity index (χ4n) is 2.35. The van der Waals surface area contributed by atoms with Gasteiger partial charge in [0.25, 0.3) is 0 Å². The smallest absolute Gasteiger partial charge is 0.237 e. The minimum absolute atomic E-state index is 0.00256. The molecule has 0 fully saturated rings. The molecule has 1 rings (SSSR count). The van der Waals surface area contributed by atoms with Gasteiger partial charge in [0.1, 0.15) is 5.75 Å². The molecule has 5 heteroatoms. The van der Waals surface area contributed by atoms with Crippen molar-refractivity contribution in [1.29, 1.82) is 0 Å². The quantitative estimate of drug-likeness (QED) is 0.700. The zero-order valence-corrected chi connectivity index (χ0v) is 13.4. The summed E-state index contributed by atoms with van der Waals surface area (Å²) in [6.45, 7) is 5.70. The topological polar surface area (TPSA) is 78.6 Å². The molecule has 0 unspecified atom stereocenters. The van der Waals surface area contributed by atoms with Crippen LogP contribution in [0.5, 0.6) is 5.75 Å². The minimum atomic E-state index is -0.579. The highest BCUT2D eigenvalue weighted by molar-refractivity contribution is 5.81. The summed E-state index contributed by atoms with van der Waals surface area (Å²) in [6, 6.07) is 6.17. The Balaban J connectivity index is 2.46. The van der Waals surface area contributed by atoms with Crippen LogP contribution in [0.15, 0.2) is 24.3 Å². The van der Waals surface area contributed by atoms with Gasteiger partial charge in [0.15, 0.2) is 0 Å². The van der Waals surface area contributed by atoms with Crippen molar-refractivity contribution in [3.05, 3.63) is 29.8 Å². The van der Waals surface area contributed by atoms with Crippen molar-refractivity contribution in [3.8, 4) is 5.75 Å². The molecule has 118 valence electrons. The number of hydrogen-bond donors (Lipinski definition) is 3. The van der Waals surface area contributed by atoms with Crippen LogP contribution in [0.25, 0.3) is 0 Å². The van der Waals surface area contributed by atoms with E-state index in [-0.39, 0.29) is 17.1 Å². The number of carbonyl (C=O) groups is 1. The van der Waals surface area contributed by atoms with Crippen molar-refractivity contribution in [3.63, 3.8) is 0 Å². The number of nitrogens with one attached hydrogen (secondary N) is 1. The number of phenolic OH excluding ortho intramolecular Hbond substituents is 1. The molecule has 1 aromatic rings. The number of aromatic hydroxyl groups is 1. The van der Waals surface area contributed by atoms with E-state index in [0.717, 1.165) is 12.1 Å². The molecule has 0 aromatic heterocycles. The van der Waals surface area contributed by atoms with Gasteiger partial charge in [-0.05, 0) is 43.6 Å². The van der Waals surface area contributed by atoms with Gasteiger partial charge in [0.05, 0.1) is 6.04 Å². The van der Waals surface area contributed by atoms with Crippen molar-refractivity contribution in [2.45, 2.75) is 26.3 Å². The first kappa shape index (κ1) is 17.5. The molecule has 0 aliphatic rings. The molecular formula is C16H27N3O2. The van der Waals surface area contributed by atoms with Crippen LogP contribution in [0.4, 0.5) is 0 Å². The maximum atomic E-state index is 12.0. The third-order valence-corrected chi connectivity index (χ3v) is 3.21. The zero-order valence-electron chi connectivity index (χ0n) is 13.4. The van der Waals surface area contributed by atoms with Gasteiger partial charge in [-0.3, -0.25) is 4.79 Å². The van der Waals surface area contributed by atoms with Gasteiger partial charge in [-0.1, -0.05) is 26.0 Å². The molecule has 0 aliphatic heterocycles. The Morgan fingerprint density at radius 3 is 2.43 bits per heavy atom. The van der Waals surface area contributed by atoms with E-state index in [9.17, 15) is 9.90 Å². The van der Waals surface area contributed by atoms with E-state index in [4.69, 9.17) is 5.73 Å². The largest absolute Gasteiger partial charge is 0.508 e. The number of benzene rings is 1. The highest BCUT2D eigenvalue weighted by Gasteiger charge is 2.21. The molecule has 0 heterocycles. The lowest BCUT2D eigenvalue weighted by molar-refractivity contribution is -0.122. The number of nitrogens with zero attached hydrogens (tertiary/aromatic N) is 1. The zero-order chi connectivity index (χ0) is 16.0. The molecule has 0 spiro atoms. The first-order valence-corrected chi connectivity index (χ1v) is 7.15. The van der Waals surface area contributed by atoms with E-state index in [2.05, 4.69) is 24.1 Å². The molecule has 0 saturated heterocycles. The number of rotatable bonds is 7. The van der Waals surface area contributed by atoms with E-state index in [1.165, 1.54) is 0 Å². The monoisotopic (exact) mass is 293 g/mol. The normalized spacial score (nSPS) is 13.2. The van der Waals surface area contributed by atoms with Crippen molar-refractivity contribution in [2.75, 3.05) is 27.2 Å². The SMILES string of the molecule is CN(C)CC(C)(C)CNC(=O)[C@H](N)Cc1ccc(O)cc1.